The van der Waals surface area contributed by atoms with Crippen LogP contribution in [0.25, 0.3) is 0 Å². The van der Waals surface area contributed by atoms with Crippen LogP contribution in [0.2, 0.25) is 0 Å². The van der Waals surface area contributed by atoms with Crippen LogP contribution >= 0.6 is 0 Å². The first-order valence-electron chi connectivity index (χ1n) is 6.89. The summed E-state index contributed by atoms with van der Waals surface area (Å²) in [6.45, 7) is 2.39. The van der Waals surface area contributed by atoms with Gasteiger partial charge in [-0.3, -0.25) is 0 Å². The minimum absolute atomic E-state index is 0.0745. The molecule has 2 aromatic carbocycles. The Morgan fingerprint density at radius 3 is 2.50 bits per heavy atom. The van der Waals surface area contributed by atoms with E-state index < -0.39 is 0 Å². The van der Waals surface area contributed by atoms with Crippen molar-refractivity contribution >= 4 is 0 Å². The highest BCUT2D eigenvalue weighted by atomic mass is 19.1. The van der Waals surface area contributed by atoms with Crippen molar-refractivity contribution in [2.45, 2.75) is 32.4 Å². The summed E-state index contributed by atoms with van der Waals surface area (Å²) in [6.07, 6.45) is 1.57. The summed E-state index contributed by atoms with van der Waals surface area (Å²) in [5.41, 5.74) is 7.80. The summed E-state index contributed by atoms with van der Waals surface area (Å²) in [5.74, 6) is -0.0515. The van der Waals surface area contributed by atoms with Gasteiger partial charge in [-0.1, -0.05) is 43.3 Å². The van der Waals surface area contributed by atoms with Gasteiger partial charge in [-0.2, -0.15) is 0 Å². The van der Waals surface area contributed by atoms with E-state index in [0.29, 0.717) is 13.0 Å². The molecular weight excluding hydrogens is 253 g/mol. The average Bonchev–Trinajstić information content (AvgIpc) is 2.47. The van der Waals surface area contributed by atoms with Crippen LogP contribution in [-0.2, 0) is 13.0 Å². The molecule has 0 heterocycles. The number of hydrogen-bond acceptors (Lipinski definition) is 2. The minimum atomic E-state index is -0.332. The van der Waals surface area contributed by atoms with Crippen LogP contribution in [0.4, 0.5) is 4.39 Å². The Morgan fingerprint density at radius 2 is 1.85 bits per heavy atom. The minimum Gasteiger partial charge on any atom is -0.486 e. The summed E-state index contributed by atoms with van der Waals surface area (Å²) in [5, 5.41) is 0. The fourth-order valence-electron chi connectivity index (χ4n) is 1.97. The Kier molecular flexibility index (Phi) is 5.13. The second-order valence-corrected chi connectivity index (χ2v) is 4.91. The summed E-state index contributed by atoms with van der Waals surface area (Å²) >= 11 is 0. The lowest BCUT2D eigenvalue weighted by molar-refractivity contribution is 0.290. The molecule has 0 aliphatic carbocycles. The lowest BCUT2D eigenvalue weighted by atomic mass is 10.0. The van der Waals surface area contributed by atoms with E-state index >= 15 is 0 Å². The zero-order valence-electron chi connectivity index (χ0n) is 11.7. The summed E-state index contributed by atoms with van der Waals surface area (Å²) in [7, 11) is 0. The van der Waals surface area contributed by atoms with E-state index in [9.17, 15) is 4.39 Å². The Hall–Kier alpha value is -1.87. The lowest BCUT2D eigenvalue weighted by Crippen LogP contribution is -2.21. The van der Waals surface area contributed by atoms with E-state index in [0.717, 1.165) is 17.5 Å². The molecule has 0 aromatic heterocycles. The maximum atomic E-state index is 13.9. The topological polar surface area (TPSA) is 35.2 Å². The molecule has 20 heavy (non-hydrogen) atoms. The molecule has 0 saturated carbocycles. The third-order valence-corrected chi connectivity index (χ3v) is 3.26. The van der Waals surface area contributed by atoms with Gasteiger partial charge in [-0.05, 0) is 36.1 Å². The number of benzene rings is 2. The van der Waals surface area contributed by atoms with Gasteiger partial charge in [-0.25, -0.2) is 4.39 Å². The molecular formula is C17H20FNO. The molecule has 0 aliphatic rings. The predicted octanol–water partition coefficient (Wildman–Crippen LogP) is 3.68. The van der Waals surface area contributed by atoms with E-state index in [2.05, 4.69) is 0 Å². The zero-order valence-corrected chi connectivity index (χ0v) is 11.7. The van der Waals surface area contributed by atoms with Crippen LogP contribution < -0.4 is 10.5 Å². The van der Waals surface area contributed by atoms with Crippen molar-refractivity contribution in [1.29, 1.82) is 0 Å². The summed E-state index contributed by atoms with van der Waals surface area (Å²) < 4.78 is 19.4. The molecule has 1 unspecified atom stereocenters. The highest BCUT2D eigenvalue weighted by Gasteiger charge is 2.07. The van der Waals surface area contributed by atoms with E-state index in [-0.39, 0.29) is 17.6 Å². The van der Waals surface area contributed by atoms with Crippen molar-refractivity contribution in [1.82, 2.24) is 0 Å². The van der Waals surface area contributed by atoms with Gasteiger partial charge < -0.3 is 10.5 Å². The van der Waals surface area contributed by atoms with Crippen molar-refractivity contribution in [2.75, 3.05) is 0 Å². The van der Waals surface area contributed by atoms with Gasteiger partial charge >= 0.3 is 0 Å². The molecule has 106 valence electrons. The molecule has 0 saturated heterocycles. The lowest BCUT2D eigenvalue weighted by Gasteiger charge is -2.11. The van der Waals surface area contributed by atoms with Crippen molar-refractivity contribution in [3.05, 3.63) is 65.5 Å². The van der Waals surface area contributed by atoms with Crippen LogP contribution in [0, 0.1) is 5.82 Å². The van der Waals surface area contributed by atoms with E-state index in [1.165, 1.54) is 6.07 Å². The highest BCUT2D eigenvalue weighted by Crippen LogP contribution is 2.20. The van der Waals surface area contributed by atoms with E-state index in [1.54, 1.807) is 6.07 Å². The monoisotopic (exact) mass is 273 g/mol. The van der Waals surface area contributed by atoms with Gasteiger partial charge in [0, 0.05) is 6.04 Å². The largest absolute Gasteiger partial charge is 0.486 e. The molecule has 2 nitrogen and oxygen atoms in total. The van der Waals surface area contributed by atoms with Gasteiger partial charge in [0.1, 0.15) is 6.61 Å². The zero-order chi connectivity index (χ0) is 14.4. The number of ether oxygens (including phenoxy) is 1. The third kappa shape index (κ3) is 4.07. The molecule has 0 aliphatic heterocycles. The molecule has 0 spiro atoms. The van der Waals surface area contributed by atoms with Crippen LogP contribution in [0.3, 0.4) is 0 Å². The average molecular weight is 273 g/mol. The standard InChI is InChI=1S/C17H20FNO/c1-2-15(19)10-14-8-9-17(16(18)11-14)20-12-13-6-4-3-5-7-13/h3-9,11,15H,2,10,12,19H2,1H3. The second-order valence-electron chi connectivity index (χ2n) is 4.91. The molecule has 2 rings (SSSR count). The van der Waals surface area contributed by atoms with Gasteiger partial charge in [0.05, 0.1) is 0 Å². The van der Waals surface area contributed by atoms with Crippen molar-refractivity contribution < 1.29 is 9.13 Å². The number of hydrogen-bond donors (Lipinski definition) is 1. The summed E-state index contributed by atoms with van der Waals surface area (Å²) in [4.78, 5) is 0. The van der Waals surface area contributed by atoms with Crippen LogP contribution in [0.5, 0.6) is 5.75 Å². The Bertz CT molecular complexity index is 542. The van der Waals surface area contributed by atoms with Gasteiger partial charge in [0.2, 0.25) is 0 Å². The molecule has 0 bridgehead atoms. The fraction of sp³-hybridized carbons (Fsp3) is 0.294. The Labute approximate surface area is 119 Å². The fourth-order valence-corrected chi connectivity index (χ4v) is 1.97. The van der Waals surface area contributed by atoms with Crippen LogP contribution in [0.1, 0.15) is 24.5 Å². The second kappa shape index (κ2) is 7.06. The van der Waals surface area contributed by atoms with Crippen molar-refractivity contribution in [3.63, 3.8) is 0 Å². The maximum absolute atomic E-state index is 13.9. The van der Waals surface area contributed by atoms with Crippen LogP contribution in [-0.4, -0.2) is 6.04 Å². The first-order chi connectivity index (χ1) is 9.69. The van der Waals surface area contributed by atoms with Crippen molar-refractivity contribution in [2.24, 2.45) is 5.73 Å². The number of halogens is 1. The maximum Gasteiger partial charge on any atom is 0.165 e. The van der Waals surface area contributed by atoms with Gasteiger partial charge in [0.15, 0.2) is 11.6 Å². The van der Waals surface area contributed by atoms with E-state index in [4.69, 9.17) is 10.5 Å². The quantitative estimate of drug-likeness (QED) is 0.871. The molecule has 2 aromatic rings. The van der Waals surface area contributed by atoms with Crippen LogP contribution in [0.15, 0.2) is 48.5 Å². The first kappa shape index (κ1) is 14.5. The number of rotatable bonds is 6. The SMILES string of the molecule is CCC(N)Cc1ccc(OCc2ccccc2)c(F)c1. The Balaban J connectivity index is 1.99. The molecule has 0 radical (unpaired) electrons. The Morgan fingerprint density at radius 1 is 1.10 bits per heavy atom. The predicted molar refractivity (Wildman–Crippen MR) is 79.1 cm³/mol. The highest BCUT2D eigenvalue weighted by molar-refractivity contribution is 5.30. The molecule has 0 amide bonds. The molecule has 1 atom stereocenters. The third-order valence-electron chi connectivity index (χ3n) is 3.26. The van der Waals surface area contributed by atoms with Gasteiger partial charge in [0.25, 0.3) is 0 Å². The van der Waals surface area contributed by atoms with Crippen molar-refractivity contribution in [3.8, 4) is 5.75 Å². The first-order valence-corrected chi connectivity index (χ1v) is 6.89. The van der Waals surface area contributed by atoms with E-state index in [1.807, 2.05) is 43.3 Å². The van der Waals surface area contributed by atoms with Gasteiger partial charge in [-0.15, -0.1) is 0 Å². The smallest absolute Gasteiger partial charge is 0.165 e. The number of nitrogens with two attached hydrogens (primary N) is 1. The normalized spacial score (nSPS) is 12.2. The molecule has 2 N–H and O–H groups in total. The molecule has 3 heteroatoms. The summed E-state index contributed by atoms with van der Waals surface area (Å²) in [6, 6.07) is 14.8. The molecule has 0 fully saturated rings.